The first-order valence-electron chi connectivity index (χ1n) is 11.2. The molecule has 1 N–H and O–H groups in total. The summed E-state index contributed by atoms with van der Waals surface area (Å²) >= 11 is 0. The van der Waals surface area contributed by atoms with Gasteiger partial charge in [0.15, 0.2) is 11.7 Å². The summed E-state index contributed by atoms with van der Waals surface area (Å²) in [5.74, 6) is -0.908. The third-order valence-electron chi connectivity index (χ3n) is 5.43. The molecule has 0 bridgehead atoms. The average molecular weight is 439 g/mol. The van der Waals surface area contributed by atoms with E-state index in [-0.39, 0.29) is 12.0 Å². The molecule has 9 heteroatoms. The Kier molecular flexibility index (Phi) is 8.20. The first-order chi connectivity index (χ1) is 15.6. The van der Waals surface area contributed by atoms with Crippen molar-refractivity contribution >= 4 is 28.9 Å². The average Bonchev–Trinajstić information content (AvgIpc) is 2.82. The Hall–Kier alpha value is -3.41. The fraction of sp³-hybridized carbons (Fsp3) is 0.522. The highest BCUT2D eigenvalue weighted by Crippen LogP contribution is 2.28. The zero-order valence-corrected chi connectivity index (χ0v) is 18.7. The molecule has 1 aromatic heterocycles. The molecule has 0 aliphatic carbocycles. The number of nitrogens with one attached hydrogen (secondary N) is 1. The van der Waals surface area contributed by atoms with E-state index in [2.05, 4.69) is 23.3 Å². The minimum absolute atomic E-state index is 0.330. The standard InChI is InChI=1S/C23H30N6O3/c1-3-5-8-11-25-22(30)17(16-24)20-21(27-19-10-7-6-9-18(19)26-20)28-12-14-29(15-13-28)23(31)32-4-2/h6-7,9-10,17H,3-5,8,11-15H2,1-2H3,(H,25,30). The highest BCUT2D eigenvalue weighted by Gasteiger charge is 2.31. The second-order valence-electron chi connectivity index (χ2n) is 7.65. The Bertz CT molecular complexity index is 981. The molecule has 2 amide bonds. The maximum atomic E-state index is 12.8. The van der Waals surface area contributed by atoms with Gasteiger partial charge in [-0.3, -0.25) is 4.79 Å². The van der Waals surface area contributed by atoms with Gasteiger partial charge in [0.2, 0.25) is 5.91 Å². The van der Waals surface area contributed by atoms with E-state index in [0.29, 0.717) is 61.9 Å². The lowest BCUT2D eigenvalue weighted by atomic mass is 10.0. The molecule has 9 nitrogen and oxygen atoms in total. The van der Waals surface area contributed by atoms with Crippen molar-refractivity contribution in [1.82, 2.24) is 20.2 Å². The van der Waals surface area contributed by atoms with Crippen molar-refractivity contribution < 1.29 is 14.3 Å². The molecule has 0 spiro atoms. The Labute approximate surface area is 188 Å². The summed E-state index contributed by atoms with van der Waals surface area (Å²) in [5.41, 5.74) is 1.68. The molecule has 170 valence electrons. The van der Waals surface area contributed by atoms with Crippen molar-refractivity contribution in [3.8, 4) is 6.07 Å². The Balaban J connectivity index is 1.87. The molecule has 1 aromatic carbocycles. The van der Waals surface area contributed by atoms with Gasteiger partial charge in [-0.25, -0.2) is 14.8 Å². The van der Waals surface area contributed by atoms with E-state index in [9.17, 15) is 14.9 Å². The Morgan fingerprint density at radius 3 is 2.44 bits per heavy atom. The van der Waals surface area contributed by atoms with Gasteiger partial charge < -0.3 is 19.9 Å². The molecule has 1 saturated heterocycles. The summed E-state index contributed by atoms with van der Waals surface area (Å²) in [5, 5.41) is 12.7. The van der Waals surface area contributed by atoms with E-state index in [1.165, 1.54) is 0 Å². The van der Waals surface area contributed by atoms with Crippen molar-refractivity contribution in [3.05, 3.63) is 30.0 Å². The smallest absolute Gasteiger partial charge is 0.409 e. The zero-order valence-electron chi connectivity index (χ0n) is 18.7. The number of rotatable bonds is 8. The second-order valence-corrected chi connectivity index (χ2v) is 7.65. The van der Waals surface area contributed by atoms with Crippen LogP contribution in [0.25, 0.3) is 11.0 Å². The van der Waals surface area contributed by atoms with E-state index in [1.807, 2.05) is 29.2 Å². The monoisotopic (exact) mass is 438 g/mol. The van der Waals surface area contributed by atoms with Crippen molar-refractivity contribution in [1.29, 1.82) is 5.26 Å². The number of hydrogen-bond acceptors (Lipinski definition) is 7. The van der Waals surface area contributed by atoms with Gasteiger partial charge in [-0.15, -0.1) is 0 Å². The van der Waals surface area contributed by atoms with E-state index in [4.69, 9.17) is 9.72 Å². The molecule has 0 saturated carbocycles. The molecule has 1 aliphatic heterocycles. The summed E-state index contributed by atoms with van der Waals surface area (Å²) in [6.07, 6.45) is 2.60. The van der Waals surface area contributed by atoms with Crippen molar-refractivity contribution in [2.24, 2.45) is 0 Å². The number of aromatic nitrogens is 2. The highest BCUT2D eigenvalue weighted by molar-refractivity contribution is 5.88. The van der Waals surface area contributed by atoms with Gasteiger partial charge in [0.05, 0.1) is 23.7 Å². The molecular weight excluding hydrogens is 408 g/mol. The maximum absolute atomic E-state index is 12.8. The molecule has 1 unspecified atom stereocenters. The lowest BCUT2D eigenvalue weighted by Gasteiger charge is -2.35. The number of carbonyl (C=O) groups is 2. The van der Waals surface area contributed by atoms with Crippen LogP contribution >= 0.6 is 0 Å². The van der Waals surface area contributed by atoms with Crippen molar-refractivity contribution in [2.45, 2.75) is 39.0 Å². The van der Waals surface area contributed by atoms with Gasteiger partial charge in [0.25, 0.3) is 0 Å². The van der Waals surface area contributed by atoms with Crippen LogP contribution in [0.4, 0.5) is 10.6 Å². The molecular formula is C23H30N6O3. The van der Waals surface area contributed by atoms with Crippen molar-refractivity contribution in [2.75, 3.05) is 44.2 Å². The third-order valence-corrected chi connectivity index (χ3v) is 5.43. The molecule has 2 heterocycles. The van der Waals surface area contributed by atoms with E-state index in [0.717, 1.165) is 19.3 Å². The lowest BCUT2D eigenvalue weighted by molar-refractivity contribution is -0.121. The van der Waals surface area contributed by atoms with Gasteiger partial charge in [-0.05, 0) is 25.5 Å². The number of piperazine rings is 1. The minimum atomic E-state index is -1.06. The Morgan fingerprint density at radius 1 is 1.12 bits per heavy atom. The van der Waals surface area contributed by atoms with E-state index in [1.54, 1.807) is 11.8 Å². The predicted molar refractivity (Wildman–Crippen MR) is 121 cm³/mol. The lowest BCUT2D eigenvalue weighted by Crippen LogP contribution is -2.49. The largest absolute Gasteiger partial charge is 0.450 e. The Morgan fingerprint density at radius 2 is 1.81 bits per heavy atom. The van der Waals surface area contributed by atoms with Crippen molar-refractivity contribution in [3.63, 3.8) is 0 Å². The number of anilines is 1. The topological polar surface area (TPSA) is 111 Å². The molecule has 1 aliphatic rings. The van der Waals surface area contributed by atoms with Crippen LogP contribution in [-0.4, -0.2) is 66.2 Å². The van der Waals surface area contributed by atoms with Gasteiger partial charge in [-0.2, -0.15) is 5.26 Å². The summed E-state index contributed by atoms with van der Waals surface area (Å²) in [6.45, 7) is 6.68. The number of amides is 2. The maximum Gasteiger partial charge on any atom is 0.409 e. The zero-order chi connectivity index (χ0) is 22.9. The first-order valence-corrected chi connectivity index (χ1v) is 11.2. The number of carbonyl (C=O) groups excluding carboxylic acids is 2. The quantitative estimate of drug-likeness (QED) is 0.631. The molecule has 1 fully saturated rings. The number of para-hydroxylation sites is 2. The normalized spacial score (nSPS) is 14.7. The van der Waals surface area contributed by atoms with Crippen LogP contribution in [0.2, 0.25) is 0 Å². The first kappa shape index (κ1) is 23.3. The van der Waals surface area contributed by atoms with Gasteiger partial charge in [0, 0.05) is 32.7 Å². The number of nitrogens with zero attached hydrogens (tertiary/aromatic N) is 5. The number of fused-ring (bicyclic) bond motifs is 1. The van der Waals surface area contributed by atoms with Crippen LogP contribution in [0, 0.1) is 11.3 Å². The van der Waals surface area contributed by atoms with Crippen LogP contribution in [0.1, 0.15) is 44.7 Å². The predicted octanol–water partition coefficient (Wildman–Crippen LogP) is 2.82. The molecule has 1 atom stereocenters. The number of unbranched alkanes of at least 4 members (excludes halogenated alkanes) is 2. The molecule has 3 rings (SSSR count). The summed E-state index contributed by atoms with van der Waals surface area (Å²) in [7, 11) is 0. The fourth-order valence-electron chi connectivity index (χ4n) is 3.68. The number of hydrogen-bond donors (Lipinski definition) is 1. The summed E-state index contributed by atoms with van der Waals surface area (Å²) < 4.78 is 5.09. The number of ether oxygens (including phenoxy) is 1. The number of benzene rings is 1. The van der Waals surface area contributed by atoms with Gasteiger partial charge >= 0.3 is 6.09 Å². The third kappa shape index (κ3) is 5.44. The highest BCUT2D eigenvalue weighted by atomic mass is 16.6. The molecule has 2 aromatic rings. The van der Waals surface area contributed by atoms with Gasteiger partial charge in [-0.1, -0.05) is 31.9 Å². The van der Waals surface area contributed by atoms with E-state index >= 15 is 0 Å². The van der Waals surface area contributed by atoms with Crippen LogP contribution in [0.15, 0.2) is 24.3 Å². The fourth-order valence-corrected chi connectivity index (χ4v) is 3.68. The molecule has 32 heavy (non-hydrogen) atoms. The van der Waals surface area contributed by atoms with Crippen LogP contribution in [-0.2, 0) is 9.53 Å². The van der Waals surface area contributed by atoms with Crippen LogP contribution in [0.3, 0.4) is 0 Å². The summed E-state index contributed by atoms with van der Waals surface area (Å²) in [4.78, 5) is 37.9. The second kappa shape index (κ2) is 11.3. The SMILES string of the molecule is CCCCCNC(=O)C(C#N)c1nc2ccccc2nc1N1CCN(C(=O)OCC)CC1. The van der Waals surface area contributed by atoms with E-state index < -0.39 is 5.92 Å². The van der Waals surface area contributed by atoms with Crippen LogP contribution in [0.5, 0.6) is 0 Å². The minimum Gasteiger partial charge on any atom is -0.450 e. The summed E-state index contributed by atoms with van der Waals surface area (Å²) in [6, 6.07) is 9.53. The number of nitriles is 1. The van der Waals surface area contributed by atoms with Crippen LogP contribution < -0.4 is 10.2 Å². The molecule has 0 radical (unpaired) electrons. The van der Waals surface area contributed by atoms with Gasteiger partial charge in [0.1, 0.15) is 5.69 Å².